The summed E-state index contributed by atoms with van der Waals surface area (Å²) < 4.78 is 37.1. The van der Waals surface area contributed by atoms with Crippen LogP contribution in [0.4, 0.5) is 13.2 Å². The van der Waals surface area contributed by atoms with Crippen LogP contribution in [-0.2, 0) is 7.05 Å². The summed E-state index contributed by atoms with van der Waals surface area (Å²) in [6.07, 6.45) is -3.49. The quantitative estimate of drug-likeness (QED) is 0.820. The third kappa shape index (κ3) is 3.37. The van der Waals surface area contributed by atoms with Gasteiger partial charge in [-0.2, -0.15) is 18.3 Å². The lowest BCUT2D eigenvalue weighted by atomic mass is 10.1. The van der Waals surface area contributed by atoms with Gasteiger partial charge in [0.2, 0.25) is 0 Å². The van der Waals surface area contributed by atoms with E-state index in [1.54, 1.807) is 19.3 Å². The zero-order valence-electron chi connectivity index (χ0n) is 7.75. The van der Waals surface area contributed by atoms with Crippen molar-refractivity contribution >= 4 is 0 Å². The fourth-order valence-electron chi connectivity index (χ4n) is 1.10. The molecule has 2 N–H and O–H groups in total. The van der Waals surface area contributed by atoms with Crippen LogP contribution in [-0.4, -0.2) is 16.0 Å². The minimum absolute atomic E-state index is 0.124. The summed E-state index contributed by atoms with van der Waals surface area (Å²) in [5.41, 5.74) is 6.04. The van der Waals surface area contributed by atoms with Crippen LogP contribution in [0.1, 0.15) is 24.6 Å². The average molecular weight is 207 g/mol. The van der Waals surface area contributed by atoms with Crippen molar-refractivity contribution in [3.63, 3.8) is 0 Å². The minimum atomic E-state index is -4.15. The molecule has 0 saturated heterocycles. The van der Waals surface area contributed by atoms with Crippen molar-refractivity contribution < 1.29 is 13.2 Å². The Morgan fingerprint density at radius 1 is 1.57 bits per heavy atom. The summed E-state index contributed by atoms with van der Waals surface area (Å²) in [4.78, 5) is 0. The highest BCUT2D eigenvalue weighted by Crippen LogP contribution is 2.25. The standard InChI is InChI=1S/C8H12F3N3/c1-14-5-3-7(13-14)6(12)2-4-8(9,10)11/h3,5-6H,2,4,12H2,1H3. The Bertz CT molecular complexity index is 292. The highest BCUT2D eigenvalue weighted by atomic mass is 19.4. The van der Waals surface area contributed by atoms with Gasteiger partial charge in [-0.25, -0.2) is 0 Å². The molecule has 1 aromatic rings. The predicted octanol–water partition coefficient (Wildman–Crippen LogP) is 1.76. The number of hydrogen-bond donors (Lipinski definition) is 1. The minimum Gasteiger partial charge on any atom is -0.323 e. The maximum absolute atomic E-state index is 11.9. The van der Waals surface area contributed by atoms with Crippen molar-refractivity contribution in [1.29, 1.82) is 0 Å². The summed E-state index contributed by atoms with van der Waals surface area (Å²) in [5.74, 6) is 0. The van der Waals surface area contributed by atoms with E-state index in [0.717, 1.165) is 0 Å². The number of nitrogens with two attached hydrogens (primary N) is 1. The molecule has 14 heavy (non-hydrogen) atoms. The molecule has 80 valence electrons. The second-order valence-corrected chi connectivity index (χ2v) is 3.17. The number of aryl methyl sites for hydroxylation is 1. The number of hydrogen-bond acceptors (Lipinski definition) is 2. The van der Waals surface area contributed by atoms with E-state index in [2.05, 4.69) is 5.10 Å². The van der Waals surface area contributed by atoms with Crippen molar-refractivity contribution in [2.24, 2.45) is 12.8 Å². The van der Waals surface area contributed by atoms with E-state index in [9.17, 15) is 13.2 Å². The Hall–Kier alpha value is -1.04. The van der Waals surface area contributed by atoms with Gasteiger partial charge in [0.25, 0.3) is 0 Å². The average Bonchev–Trinajstić information content (AvgIpc) is 2.46. The van der Waals surface area contributed by atoms with Gasteiger partial charge in [-0.3, -0.25) is 4.68 Å². The van der Waals surface area contributed by atoms with Crippen LogP contribution in [0, 0.1) is 0 Å². The molecule has 0 aromatic carbocycles. The van der Waals surface area contributed by atoms with Gasteiger partial charge in [0, 0.05) is 25.7 Å². The summed E-state index contributed by atoms with van der Waals surface area (Å²) in [6, 6.07) is 0.985. The smallest absolute Gasteiger partial charge is 0.323 e. The van der Waals surface area contributed by atoms with Crippen LogP contribution < -0.4 is 5.73 Å². The van der Waals surface area contributed by atoms with Gasteiger partial charge in [0.15, 0.2) is 0 Å². The Morgan fingerprint density at radius 3 is 2.64 bits per heavy atom. The molecule has 0 spiro atoms. The molecule has 0 aliphatic carbocycles. The zero-order valence-corrected chi connectivity index (χ0v) is 7.75. The first-order chi connectivity index (χ1) is 6.38. The Morgan fingerprint density at radius 2 is 2.21 bits per heavy atom. The monoisotopic (exact) mass is 207 g/mol. The van der Waals surface area contributed by atoms with Gasteiger partial charge in [-0.05, 0) is 12.5 Å². The molecule has 1 aromatic heterocycles. The Balaban J connectivity index is 2.47. The van der Waals surface area contributed by atoms with Gasteiger partial charge in [-0.15, -0.1) is 0 Å². The van der Waals surface area contributed by atoms with Gasteiger partial charge in [-0.1, -0.05) is 0 Å². The molecule has 0 aliphatic heterocycles. The summed E-state index contributed by atoms with van der Waals surface area (Å²) in [5, 5.41) is 3.94. The van der Waals surface area contributed by atoms with Crippen molar-refractivity contribution in [2.45, 2.75) is 25.1 Å². The fourth-order valence-corrected chi connectivity index (χ4v) is 1.10. The van der Waals surface area contributed by atoms with E-state index in [1.807, 2.05) is 0 Å². The Labute approximate surface area is 79.7 Å². The van der Waals surface area contributed by atoms with E-state index >= 15 is 0 Å². The summed E-state index contributed by atoms with van der Waals surface area (Å²) >= 11 is 0. The lowest BCUT2D eigenvalue weighted by molar-refractivity contribution is -0.136. The number of alkyl halides is 3. The topological polar surface area (TPSA) is 43.8 Å². The molecule has 0 fully saturated rings. The van der Waals surface area contributed by atoms with Crippen LogP contribution in [0.2, 0.25) is 0 Å². The van der Waals surface area contributed by atoms with Gasteiger partial charge in [0.1, 0.15) is 0 Å². The molecule has 0 radical (unpaired) electrons. The number of rotatable bonds is 3. The molecule has 0 aliphatic rings. The molecule has 3 nitrogen and oxygen atoms in total. The molecular formula is C8H12F3N3. The SMILES string of the molecule is Cn1ccc(C(N)CCC(F)(F)F)n1. The number of nitrogens with zero attached hydrogens (tertiary/aromatic N) is 2. The number of aromatic nitrogens is 2. The largest absolute Gasteiger partial charge is 0.389 e. The third-order valence-corrected chi connectivity index (χ3v) is 1.85. The van der Waals surface area contributed by atoms with Crippen LogP contribution in [0.15, 0.2) is 12.3 Å². The molecule has 0 bridgehead atoms. The van der Waals surface area contributed by atoms with Crippen LogP contribution in [0.25, 0.3) is 0 Å². The maximum Gasteiger partial charge on any atom is 0.389 e. The van der Waals surface area contributed by atoms with Crippen molar-refractivity contribution in [3.05, 3.63) is 18.0 Å². The van der Waals surface area contributed by atoms with E-state index in [-0.39, 0.29) is 6.42 Å². The first kappa shape index (κ1) is 11.0. The van der Waals surface area contributed by atoms with Gasteiger partial charge >= 0.3 is 6.18 Å². The Kier molecular flexibility index (Phi) is 3.15. The molecule has 1 unspecified atom stereocenters. The van der Waals surface area contributed by atoms with Crippen molar-refractivity contribution in [2.75, 3.05) is 0 Å². The van der Waals surface area contributed by atoms with Crippen LogP contribution in [0.5, 0.6) is 0 Å². The molecule has 6 heteroatoms. The molecule has 1 atom stereocenters. The first-order valence-corrected chi connectivity index (χ1v) is 4.20. The first-order valence-electron chi connectivity index (χ1n) is 4.20. The second-order valence-electron chi connectivity index (χ2n) is 3.17. The molecule has 0 amide bonds. The molecule has 1 heterocycles. The normalized spacial score (nSPS) is 14.4. The fraction of sp³-hybridized carbons (Fsp3) is 0.625. The van der Waals surface area contributed by atoms with Gasteiger partial charge in [0.05, 0.1) is 5.69 Å². The molecular weight excluding hydrogens is 195 g/mol. The van der Waals surface area contributed by atoms with Gasteiger partial charge < -0.3 is 5.73 Å². The highest BCUT2D eigenvalue weighted by molar-refractivity contribution is 5.04. The zero-order chi connectivity index (χ0) is 10.8. The highest BCUT2D eigenvalue weighted by Gasteiger charge is 2.28. The van der Waals surface area contributed by atoms with E-state index in [0.29, 0.717) is 5.69 Å². The maximum atomic E-state index is 11.9. The van der Waals surface area contributed by atoms with Crippen LogP contribution >= 0.6 is 0 Å². The van der Waals surface area contributed by atoms with E-state index < -0.39 is 18.6 Å². The predicted molar refractivity (Wildman–Crippen MR) is 45.4 cm³/mol. The molecule has 0 saturated carbocycles. The summed E-state index contributed by atoms with van der Waals surface area (Å²) in [7, 11) is 1.69. The van der Waals surface area contributed by atoms with Crippen molar-refractivity contribution in [1.82, 2.24) is 9.78 Å². The summed E-state index contributed by atoms with van der Waals surface area (Å²) in [6.45, 7) is 0. The lowest BCUT2D eigenvalue weighted by Crippen LogP contribution is -2.16. The van der Waals surface area contributed by atoms with E-state index in [1.165, 1.54) is 4.68 Å². The van der Waals surface area contributed by atoms with Crippen molar-refractivity contribution in [3.8, 4) is 0 Å². The number of halogens is 3. The third-order valence-electron chi connectivity index (χ3n) is 1.85. The second kappa shape index (κ2) is 4.00. The van der Waals surface area contributed by atoms with Crippen LogP contribution in [0.3, 0.4) is 0 Å². The molecule has 1 rings (SSSR count). The lowest BCUT2D eigenvalue weighted by Gasteiger charge is -2.10. The van der Waals surface area contributed by atoms with E-state index in [4.69, 9.17) is 5.73 Å².